The molecule has 0 aliphatic carbocycles. The Labute approximate surface area is 138 Å². The number of rotatable bonds is 4. The molecule has 1 aliphatic heterocycles. The Morgan fingerprint density at radius 1 is 1.36 bits per heavy atom. The fraction of sp³-hybridized carbons (Fsp3) is 0.357. The second-order valence-electron chi connectivity index (χ2n) is 5.12. The zero-order valence-electron chi connectivity index (χ0n) is 12.7. The molecule has 0 N–H and O–H groups in total. The van der Waals surface area contributed by atoms with Crippen molar-refractivity contribution < 1.29 is 37.3 Å². The summed E-state index contributed by atoms with van der Waals surface area (Å²) in [6.45, 7) is -0.0902. The van der Waals surface area contributed by atoms with Crippen molar-refractivity contribution in [3.8, 4) is 0 Å². The van der Waals surface area contributed by atoms with Gasteiger partial charge < -0.3 is 0 Å². The first-order chi connectivity index (χ1) is 11.6. The SMILES string of the molecule is CON1CCC(=O)C(C(=O)c2ccc(C(F)(F)F)cc2[N+](=O)[O-])C1=O. The Morgan fingerprint density at radius 2 is 2.00 bits per heavy atom. The van der Waals surface area contributed by atoms with Crippen molar-refractivity contribution in [2.75, 3.05) is 13.7 Å². The normalized spacial score (nSPS) is 18.4. The molecule has 1 heterocycles. The standard InChI is InChI=1S/C14H11F3N2O6/c1-25-18-5-4-10(20)11(13(18)22)12(21)8-3-2-7(14(15,16)17)6-9(8)19(23)24/h2-3,6,11H,4-5H2,1H3. The zero-order chi connectivity index (χ0) is 18.9. The van der Waals surface area contributed by atoms with Gasteiger partial charge in [0, 0.05) is 12.5 Å². The maximum atomic E-state index is 12.7. The first kappa shape index (κ1) is 18.5. The quantitative estimate of drug-likeness (QED) is 0.351. The number of hydrogen-bond donors (Lipinski definition) is 0. The van der Waals surface area contributed by atoms with Gasteiger partial charge in [-0.05, 0) is 12.1 Å². The lowest BCUT2D eigenvalue weighted by molar-refractivity contribution is -0.385. The van der Waals surface area contributed by atoms with Gasteiger partial charge in [0.05, 0.1) is 29.7 Å². The molecule has 1 unspecified atom stereocenters. The average Bonchev–Trinajstić information content (AvgIpc) is 2.53. The molecule has 1 aromatic rings. The Balaban J connectivity index is 2.49. The second-order valence-corrected chi connectivity index (χ2v) is 5.12. The van der Waals surface area contributed by atoms with Crippen LogP contribution >= 0.6 is 0 Å². The molecule has 0 aromatic heterocycles. The number of amides is 1. The van der Waals surface area contributed by atoms with Crippen molar-refractivity contribution in [3.63, 3.8) is 0 Å². The molecule has 2 rings (SSSR count). The molecule has 1 atom stereocenters. The molecular formula is C14H11F3N2O6. The third-order valence-corrected chi connectivity index (χ3v) is 3.65. The van der Waals surface area contributed by atoms with Gasteiger partial charge in [0.15, 0.2) is 17.5 Å². The number of piperidine rings is 1. The lowest BCUT2D eigenvalue weighted by Gasteiger charge is -2.28. The van der Waals surface area contributed by atoms with Crippen molar-refractivity contribution in [2.24, 2.45) is 5.92 Å². The van der Waals surface area contributed by atoms with Crippen LogP contribution in [0.4, 0.5) is 18.9 Å². The zero-order valence-corrected chi connectivity index (χ0v) is 12.7. The molecule has 0 saturated carbocycles. The number of ketones is 2. The molecule has 1 amide bonds. The fourth-order valence-corrected chi connectivity index (χ4v) is 2.41. The molecular weight excluding hydrogens is 349 g/mol. The fourth-order valence-electron chi connectivity index (χ4n) is 2.41. The predicted octanol–water partition coefficient (Wildman–Crippen LogP) is 1.78. The highest BCUT2D eigenvalue weighted by Gasteiger charge is 2.43. The summed E-state index contributed by atoms with van der Waals surface area (Å²) in [7, 11) is 1.13. The van der Waals surface area contributed by atoms with E-state index in [-0.39, 0.29) is 19.0 Å². The minimum atomic E-state index is -4.85. The first-order valence-corrected chi connectivity index (χ1v) is 6.86. The van der Waals surface area contributed by atoms with Crippen LogP contribution in [0.1, 0.15) is 22.3 Å². The number of Topliss-reactive ketones (excluding diaryl/α,β-unsaturated/α-hetero) is 2. The van der Waals surface area contributed by atoms with E-state index >= 15 is 0 Å². The number of nitro groups is 1. The smallest absolute Gasteiger partial charge is 0.298 e. The van der Waals surface area contributed by atoms with Crippen LogP contribution in [0, 0.1) is 16.0 Å². The third kappa shape index (κ3) is 3.50. The Hall–Kier alpha value is -2.82. The molecule has 25 heavy (non-hydrogen) atoms. The number of benzene rings is 1. The van der Waals surface area contributed by atoms with Gasteiger partial charge in [-0.3, -0.25) is 29.3 Å². The molecule has 0 bridgehead atoms. The summed E-state index contributed by atoms with van der Waals surface area (Å²) in [5.74, 6) is -4.92. The number of nitrogens with zero attached hydrogens (tertiary/aromatic N) is 2. The first-order valence-electron chi connectivity index (χ1n) is 6.86. The number of halogens is 3. The van der Waals surface area contributed by atoms with Gasteiger partial charge in [0.1, 0.15) is 0 Å². The summed E-state index contributed by atoms with van der Waals surface area (Å²) in [6.07, 6.45) is -5.07. The lowest BCUT2D eigenvalue weighted by atomic mass is 9.87. The second kappa shape index (κ2) is 6.59. The lowest BCUT2D eigenvalue weighted by Crippen LogP contribution is -2.48. The summed E-state index contributed by atoms with van der Waals surface area (Å²) >= 11 is 0. The number of carbonyl (C=O) groups is 3. The number of carbonyl (C=O) groups excluding carboxylic acids is 3. The van der Waals surface area contributed by atoms with Crippen LogP contribution in [0.2, 0.25) is 0 Å². The van der Waals surface area contributed by atoms with Crippen LogP contribution in [0.3, 0.4) is 0 Å². The van der Waals surface area contributed by atoms with Crippen LogP contribution in [0.5, 0.6) is 0 Å². The molecule has 1 fully saturated rings. The monoisotopic (exact) mass is 360 g/mol. The van der Waals surface area contributed by atoms with Gasteiger partial charge in [0.2, 0.25) is 0 Å². The Kier molecular flexibility index (Phi) is 4.88. The van der Waals surface area contributed by atoms with Crippen molar-refractivity contribution in [3.05, 3.63) is 39.4 Å². The topological polar surface area (TPSA) is 107 Å². The van der Waals surface area contributed by atoms with E-state index < -0.39 is 51.3 Å². The molecule has 134 valence electrons. The van der Waals surface area contributed by atoms with Crippen LogP contribution in [0.15, 0.2) is 18.2 Å². The highest BCUT2D eigenvalue weighted by atomic mass is 19.4. The number of alkyl halides is 3. The minimum absolute atomic E-state index is 0.0902. The van der Waals surface area contributed by atoms with Gasteiger partial charge in [0.25, 0.3) is 11.6 Å². The maximum Gasteiger partial charge on any atom is 0.416 e. The van der Waals surface area contributed by atoms with E-state index in [2.05, 4.69) is 0 Å². The molecule has 0 radical (unpaired) electrons. The maximum absolute atomic E-state index is 12.7. The summed E-state index contributed by atoms with van der Waals surface area (Å²) in [4.78, 5) is 51.1. The van der Waals surface area contributed by atoms with Crippen molar-refractivity contribution >= 4 is 23.2 Å². The van der Waals surface area contributed by atoms with Crippen LogP contribution in [-0.4, -0.2) is 41.1 Å². The van der Waals surface area contributed by atoms with E-state index in [0.717, 1.165) is 12.2 Å². The number of hydroxylamine groups is 2. The molecule has 8 nitrogen and oxygen atoms in total. The van der Waals surface area contributed by atoms with E-state index in [0.29, 0.717) is 12.1 Å². The van der Waals surface area contributed by atoms with Crippen LogP contribution < -0.4 is 0 Å². The number of hydrogen-bond acceptors (Lipinski definition) is 6. The van der Waals surface area contributed by atoms with E-state index in [9.17, 15) is 37.7 Å². The van der Waals surface area contributed by atoms with E-state index in [4.69, 9.17) is 4.84 Å². The van der Waals surface area contributed by atoms with Gasteiger partial charge in [-0.1, -0.05) is 0 Å². The Bertz CT molecular complexity index is 761. The van der Waals surface area contributed by atoms with Crippen LogP contribution in [-0.2, 0) is 20.6 Å². The van der Waals surface area contributed by atoms with Crippen molar-refractivity contribution in [2.45, 2.75) is 12.6 Å². The third-order valence-electron chi connectivity index (χ3n) is 3.65. The van der Waals surface area contributed by atoms with Gasteiger partial charge in [-0.25, -0.2) is 5.06 Å². The summed E-state index contributed by atoms with van der Waals surface area (Å²) in [5.41, 5.74) is -3.20. The van der Waals surface area contributed by atoms with Gasteiger partial charge in [-0.15, -0.1) is 0 Å². The molecule has 1 aromatic carbocycles. The highest BCUT2D eigenvalue weighted by molar-refractivity contribution is 6.25. The summed E-state index contributed by atoms with van der Waals surface area (Å²) in [6, 6.07) is 1.26. The summed E-state index contributed by atoms with van der Waals surface area (Å²) in [5, 5.41) is 11.8. The summed E-state index contributed by atoms with van der Waals surface area (Å²) < 4.78 is 38.1. The van der Waals surface area contributed by atoms with E-state index in [1.54, 1.807) is 0 Å². The van der Waals surface area contributed by atoms with Gasteiger partial charge >= 0.3 is 6.18 Å². The van der Waals surface area contributed by atoms with Crippen molar-refractivity contribution in [1.29, 1.82) is 0 Å². The molecule has 0 spiro atoms. The molecule has 11 heteroatoms. The largest absolute Gasteiger partial charge is 0.416 e. The van der Waals surface area contributed by atoms with E-state index in [1.807, 2.05) is 0 Å². The van der Waals surface area contributed by atoms with Gasteiger partial charge in [-0.2, -0.15) is 13.2 Å². The number of nitro benzene ring substituents is 1. The Morgan fingerprint density at radius 3 is 2.52 bits per heavy atom. The highest BCUT2D eigenvalue weighted by Crippen LogP contribution is 2.34. The predicted molar refractivity (Wildman–Crippen MR) is 74.3 cm³/mol. The van der Waals surface area contributed by atoms with Crippen LogP contribution in [0.25, 0.3) is 0 Å². The minimum Gasteiger partial charge on any atom is -0.298 e. The molecule has 1 saturated heterocycles. The van der Waals surface area contributed by atoms with Crippen molar-refractivity contribution in [1.82, 2.24) is 5.06 Å². The average molecular weight is 360 g/mol. The van der Waals surface area contributed by atoms with E-state index in [1.165, 1.54) is 0 Å². The molecule has 1 aliphatic rings.